The van der Waals surface area contributed by atoms with Gasteiger partial charge in [-0.3, -0.25) is 9.59 Å². The van der Waals surface area contributed by atoms with Crippen LogP contribution in [-0.2, 0) is 19.1 Å². The molecular formula is C31H34ClF3N6O4. The largest absolute Gasteiger partial charge is 0.495 e. The first-order valence-corrected chi connectivity index (χ1v) is 15.0. The molecule has 240 valence electrons. The molecule has 0 unspecified atom stereocenters. The van der Waals surface area contributed by atoms with E-state index in [0.29, 0.717) is 23.9 Å². The number of alkyl halides is 3. The first kappa shape index (κ1) is 32.3. The third-order valence-electron chi connectivity index (χ3n) is 8.02. The van der Waals surface area contributed by atoms with Gasteiger partial charge in [-0.2, -0.15) is 18.2 Å². The van der Waals surface area contributed by atoms with E-state index in [2.05, 4.69) is 32.4 Å². The summed E-state index contributed by atoms with van der Waals surface area (Å²) < 4.78 is 52.4. The molecule has 2 aliphatic rings. The van der Waals surface area contributed by atoms with Gasteiger partial charge in [0.15, 0.2) is 0 Å². The van der Waals surface area contributed by atoms with Crippen molar-refractivity contribution in [1.82, 2.24) is 25.1 Å². The molecule has 3 aromatic rings. The molecule has 14 heteroatoms. The Morgan fingerprint density at radius 2 is 1.96 bits per heavy atom. The highest BCUT2D eigenvalue weighted by Crippen LogP contribution is 2.37. The van der Waals surface area contributed by atoms with Crippen LogP contribution in [0.3, 0.4) is 0 Å². The number of nitrogens with zero attached hydrogens (tertiary/aromatic N) is 4. The van der Waals surface area contributed by atoms with Crippen LogP contribution in [0.5, 0.6) is 11.6 Å². The third kappa shape index (κ3) is 7.25. The summed E-state index contributed by atoms with van der Waals surface area (Å²) in [6, 6.07) is 8.31. The molecule has 2 amide bonds. The molecule has 45 heavy (non-hydrogen) atoms. The first-order valence-electron chi connectivity index (χ1n) is 14.6. The van der Waals surface area contributed by atoms with Crippen LogP contribution in [-0.4, -0.2) is 78.0 Å². The molecule has 0 radical (unpaired) electrons. The molecule has 5 rings (SSSR count). The Hall–Kier alpha value is -4.10. The Morgan fingerprint density at radius 1 is 1.20 bits per heavy atom. The molecule has 2 aliphatic heterocycles. The number of amides is 2. The Balaban J connectivity index is 1.32. The number of benzene rings is 2. The normalized spacial score (nSPS) is 15.6. The average molecular weight is 647 g/mol. The molecule has 3 heterocycles. The monoisotopic (exact) mass is 646 g/mol. The average Bonchev–Trinajstić information content (AvgIpc) is 3.30. The lowest BCUT2D eigenvalue weighted by molar-refractivity contribution is -0.139. The van der Waals surface area contributed by atoms with Crippen LogP contribution in [0.1, 0.15) is 57.2 Å². The zero-order chi connectivity index (χ0) is 32.3. The van der Waals surface area contributed by atoms with Gasteiger partial charge in [0.2, 0.25) is 11.8 Å². The summed E-state index contributed by atoms with van der Waals surface area (Å²) in [6.07, 6.45) is -2.30. The second-order valence-electron chi connectivity index (χ2n) is 11.0. The highest BCUT2D eigenvalue weighted by Gasteiger charge is 2.36. The van der Waals surface area contributed by atoms with Gasteiger partial charge in [0.05, 0.1) is 30.0 Å². The number of carbonyl (C=O) groups excluding carboxylic acids is 2. The van der Waals surface area contributed by atoms with E-state index in [1.807, 2.05) is 6.07 Å². The van der Waals surface area contributed by atoms with Crippen LogP contribution in [0, 0.1) is 0 Å². The maximum atomic E-state index is 13.8. The summed E-state index contributed by atoms with van der Waals surface area (Å²) in [5.74, 6) is -1.16. The van der Waals surface area contributed by atoms with Crippen LogP contribution in [0.4, 0.5) is 24.8 Å². The fraction of sp³-hybridized carbons (Fsp3) is 0.419. The van der Waals surface area contributed by atoms with Crippen LogP contribution < -0.4 is 20.1 Å². The van der Waals surface area contributed by atoms with Gasteiger partial charge < -0.3 is 29.9 Å². The predicted molar refractivity (Wildman–Crippen MR) is 162 cm³/mol. The minimum atomic E-state index is -4.77. The number of methoxy groups -OCH3 is 1. The summed E-state index contributed by atoms with van der Waals surface area (Å²) in [5, 5.41) is 5.96. The molecule has 1 aromatic heterocycles. The second kappa shape index (κ2) is 13.5. The number of rotatable bonds is 10. The molecule has 10 nitrogen and oxygen atoms in total. The highest BCUT2D eigenvalue weighted by molar-refractivity contribution is 6.34. The number of hydrogen-bond acceptors (Lipinski definition) is 8. The standard InChI is InChI=1S/C31H34ClF3N6O4/c1-4-41-11-8-20(9-12-41)37-27(42)21-14-25(44-3)24(15-23(21)32)38-30-36-16-22(31(33,34)35)28(39-30)45-13-10-18-6-5-7-19-17-40(2)29(43)26(18)19/h5-7,14-16,20H,4,8-13,17H2,1-3H3,(H,37,42)(H,36,38,39). The quantitative estimate of drug-likeness (QED) is 0.305. The lowest BCUT2D eigenvalue weighted by Crippen LogP contribution is -2.44. The van der Waals surface area contributed by atoms with E-state index < -0.39 is 17.6 Å². The smallest absolute Gasteiger partial charge is 0.423 e. The van der Waals surface area contributed by atoms with Crippen molar-refractivity contribution in [3.8, 4) is 11.6 Å². The lowest BCUT2D eigenvalue weighted by atomic mass is 10.0. The fourth-order valence-corrected chi connectivity index (χ4v) is 5.80. The molecule has 2 aromatic carbocycles. The van der Waals surface area contributed by atoms with E-state index in [4.69, 9.17) is 21.1 Å². The fourth-order valence-electron chi connectivity index (χ4n) is 5.55. The van der Waals surface area contributed by atoms with Gasteiger partial charge in [0.25, 0.3) is 11.8 Å². The van der Waals surface area contributed by atoms with E-state index >= 15 is 0 Å². The molecule has 2 N–H and O–H groups in total. The Morgan fingerprint density at radius 3 is 2.64 bits per heavy atom. The third-order valence-corrected chi connectivity index (χ3v) is 8.34. The number of aromatic nitrogens is 2. The number of ether oxygens (including phenoxy) is 2. The number of likely N-dealkylation sites (tertiary alicyclic amines) is 1. The summed E-state index contributed by atoms with van der Waals surface area (Å²) in [5.41, 5.74) is 1.38. The molecule has 0 saturated carbocycles. The van der Waals surface area contributed by atoms with E-state index in [9.17, 15) is 22.8 Å². The number of nitrogens with one attached hydrogen (secondary N) is 2. The minimum Gasteiger partial charge on any atom is -0.495 e. The molecule has 1 saturated heterocycles. The summed E-state index contributed by atoms with van der Waals surface area (Å²) in [6.45, 7) is 5.16. The van der Waals surface area contributed by atoms with E-state index in [1.165, 1.54) is 19.2 Å². The van der Waals surface area contributed by atoms with Gasteiger partial charge in [-0.15, -0.1) is 0 Å². The van der Waals surface area contributed by atoms with E-state index in [1.54, 1.807) is 24.1 Å². The van der Waals surface area contributed by atoms with Crippen molar-refractivity contribution < 1.29 is 32.2 Å². The number of fused-ring (bicyclic) bond motifs is 1. The minimum absolute atomic E-state index is 0.0174. The summed E-state index contributed by atoms with van der Waals surface area (Å²) in [4.78, 5) is 37.3. The number of hydrogen-bond donors (Lipinski definition) is 2. The lowest BCUT2D eigenvalue weighted by Gasteiger charge is -2.31. The zero-order valence-corrected chi connectivity index (χ0v) is 25.9. The van der Waals surface area contributed by atoms with E-state index in [0.717, 1.165) is 38.0 Å². The first-order chi connectivity index (χ1) is 21.5. The van der Waals surface area contributed by atoms with Crippen molar-refractivity contribution in [2.45, 2.75) is 44.9 Å². The maximum absolute atomic E-state index is 13.8. The SMILES string of the molecule is CCN1CCC(NC(=O)c2cc(OC)c(Nc3ncc(C(F)(F)F)c(OCCc4cccc5c4C(=O)N(C)C5)n3)cc2Cl)CC1. The molecule has 0 aliphatic carbocycles. The molecule has 1 fully saturated rings. The van der Waals surface area contributed by atoms with Crippen molar-refractivity contribution in [2.24, 2.45) is 0 Å². The van der Waals surface area contributed by atoms with Crippen molar-refractivity contribution in [3.63, 3.8) is 0 Å². The number of carbonyl (C=O) groups is 2. The van der Waals surface area contributed by atoms with Gasteiger partial charge in [-0.25, -0.2) is 4.98 Å². The highest BCUT2D eigenvalue weighted by atomic mass is 35.5. The molecular weight excluding hydrogens is 613 g/mol. The van der Waals surface area contributed by atoms with Crippen molar-refractivity contribution in [2.75, 3.05) is 45.7 Å². The van der Waals surface area contributed by atoms with Gasteiger partial charge in [-0.05, 0) is 42.6 Å². The summed E-state index contributed by atoms with van der Waals surface area (Å²) >= 11 is 6.48. The van der Waals surface area contributed by atoms with Crippen LogP contribution in [0.25, 0.3) is 0 Å². The van der Waals surface area contributed by atoms with Crippen molar-refractivity contribution in [1.29, 1.82) is 0 Å². The van der Waals surface area contributed by atoms with Crippen LogP contribution in [0.15, 0.2) is 36.5 Å². The number of piperidine rings is 1. The molecule has 0 spiro atoms. The van der Waals surface area contributed by atoms with Crippen molar-refractivity contribution in [3.05, 3.63) is 69.4 Å². The van der Waals surface area contributed by atoms with Crippen LogP contribution in [0.2, 0.25) is 5.02 Å². The van der Waals surface area contributed by atoms with Gasteiger partial charge >= 0.3 is 6.18 Å². The maximum Gasteiger partial charge on any atom is 0.423 e. The van der Waals surface area contributed by atoms with Gasteiger partial charge in [0, 0.05) is 50.9 Å². The summed E-state index contributed by atoms with van der Waals surface area (Å²) in [7, 11) is 3.08. The van der Waals surface area contributed by atoms with Gasteiger partial charge in [0.1, 0.15) is 11.3 Å². The second-order valence-corrected chi connectivity index (χ2v) is 11.4. The number of anilines is 2. The van der Waals surface area contributed by atoms with Gasteiger partial charge in [-0.1, -0.05) is 36.7 Å². The predicted octanol–water partition coefficient (Wildman–Crippen LogP) is 5.32. The Labute approximate surface area is 263 Å². The number of halogens is 4. The molecule has 0 atom stereocenters. The topological polar surface area (TPSA) is 109 Å². The Bertz CT molecular complexity index is 1580. The molecule has 0 bridgehead atoms. The van der Waals surface area contributed by atoms with E-state index in [-0.39, 0.29) is 58.9 Å². The zero-order valence-electron chi connectivity index (χ0n) is 25.1. The Kier molecular flexibility index (Phi) is 9.68. The van der Waals surface area contributed by atoms with Crippen molar-refractivity contribution >= 4 is 35.1 Å². The van der Waals surface area contributed by atoms with Crippen LogP contribution >= 0.6 is 11.6 Å².